The maximum absolute atomic E-state index is 13.0. The van der Waals surface area contributed by atoms with E-state index in [1.165, 1.54) is 25.6 Å². The lowest BCUT2D eigenvalue weighted by atomic mass is 10.2. The van der Waals surface area contributed by atoms with E-state index < -0.39 is 10.6 Å². The van der Waals surface area contributed by atoms with Crippen molar-refractivity contribution in [3.63, 3.8) is 0 Å². The summed E-state index contributed by atoms with van der Waals surface area (Å²) in [5.41, 5.74) is 0.345. The molecule has 0 spiro atoms. The number of ether oxygens (including phenoxy) is 2. The average molecular weight is 370 g/mol. The van der Waals surface area contributed by atoms with E-state index in [9.17, 15) is 14.5 Å². The molecule has 0 radical (unpaired) electrons. The van der Waals surface area contributed by atoms with Gasteiger partial charge in [-0.1, -0.05) is 12.1 Å². The van der Waals surface area contributed by atoms with Gasteiger partial charge in [0.25, 0.3) is 0 Å². The molecule has 0 fully saturated rings. The van der Waals surface area contributed by atoms with E-state index in [-0.39, 0.29) is 24.1 Å². The van der Waals surface area contributed by atoms with Crippen LogP contribution in [0.5, 0.6) is 17.4 Å². The first kappa shape index (κ1) is 18.1. The van der Waals surface area contributed by atoms with E-state index in [4.69, 9.17) is 9.47 Å². The Balaban J connectivity index is 1.83. The summed E-state index contributed by atoms with van der Waals surface area (Å²) in [5.74, 6) is 0.440. The van der Waals surface area contributed by atoms with Gasteiger partial charge in [-0.25, -0.2) is 9.37 Å². The van der Waals surface area contributed by atoms with Crippen molar-refractivity contribution in [2.45, 2.75) is 6.54 Å². The molecule has 0 unspecified atom stereocenters. The standard InChI is InChI=1S/C18H15FN4O4/c1-26-14-6-8-15(9-7-14)27-18-16(23(24)25)17(21-11-22-18)20-10-12-2-4-13(19)5-3-12/h2-9,11H,10H2,1H3,(H,20,21,22). The second-order valence-electron chi connectivity index (χ2n) is 5.39. The SMILES string of the molecule is COc1ccc(Oc2ncnc(NCc3ccc(F)cc3)c2[N+](=O)[O-])cc1. The number of nitrogens with zero attached hydrogens (tertiary/aromatic N) is 3. The first-order valence-corrected chi connectivity index (χ1v) is 7.86. The molecule has 0 saturated heterocycles. The number of aromatic nitrogens is 2. The molecule has 0 aliphatic heterocycles. The van der Waals surface area contributed by atoms with Gasteiger partial charge in [0.05, 0.1) is 12.0 Å². The van der Waals surface area contributed by atoms with E-state index in [1.807, 2.05) is 0 Å². The van der Waals surface area contributed by atoms with Crippen LogP contribution in [0.4, 0.5) is 15.9 Å². The van der Waals surface area contributed by atoms with Crippen molar-refractivity contribution in [3.05, 3.63) is 76.4 Å². The maximum atomic E-state index is 13.0. The lowest BCUT2D eigenvalue weighted by Crippen LogP contribution is -2.07. The predicted molar refractivity (Wildman–Crippen MR) is 95.5 cm³/mol. The zero-order chi connectivity index (χ0) is 19.2. The number of rotatable bonds is 7. The fourth-order valence-electron chi connectivity index (χ4n) is 2.27. The first-order chi connectivity index (χ1) is 13.1. The molecule has 27 heavy (non-hydrogen) atoms. The molecule has 3 aromatic rings. The monoisotopic (exact) mass is 370 g/mol. The van der Waals surface area contributed by atoms with E-state index >= 15 is 0 Å². The smallest absolute Gasteiger partial charge is 0.373 e. The number of methoxy groups -OCH3 is 1. The van der Waals surface area contributed by atoms with Crippen molar-refractivity contribution in [1.29, 1.82) is 0 Å². The fourth-order valence-corrected chi connectivity index (χ4v) is 2.27. The van der Waals surface area contributed by atoms with Gasteiger partial charge in [-0.05, 0) is 42.0 Å². The number of nitrogens with one attached hydrogen (secondary N) is 1. The summed E-state index contributed by atoms with van der Waals surface area (Å²) < 4.78 is 23.6. The van der Waals surface area contributed by atoms with E-state index in [0.29, 0.717) is 11.5 Å². The van der Waals surface area contributed by atoms with Crippen LogP contribution in [0.25, 0.3) is 0 Å². The third-order valence-electron chi connectivity index (χ3n) is 3.62. The first-order valence-electron chi connectivity index (χ1n) is 7.86. The van der Waals surface area contributed by atoms with Gasteiger partial charge in [-0.2, -0.15) is 4.98 Å². The van der Waals surface area contributed by atoms with E-state index in [0.717, 1.165) is 5.56 Å². The molecule has 0 aliphatic rings. The Hall–Kier alpha value is -3.75. The van der Waals surface area contributed by atoms with Gasteiger partial charge in [-0.3, -0.25) is 10.1 Å². The Kier molecular flexibility index (Phi) is 5.41. The quantitative estimate of drug-likeness (QED) is 0.497. The normalized spacial score (nSPS) is 10.3. The summed E-state index contributed by atoms with van der Waals surface area (Å²) in [5, 5.41) is 14.4. The summed E-state index contributed by atoms with van der Waals surface area (Å²) in [6, 6.07) is 12.3. The van der Waals surface area contributed by atoms with Gasteiger partial charge >= 0.3 is 11.6 Å². The van der Waals surface area contributed by atoms with Crippen LogP contribution < -0.4 is 14.8 Å². The zero-order valence-corrected chi connectivity index (χ0v) is 14.3. The Morgan fingerprint density at radius 3 is 2.37 bits per heavy atom. The van der Waals surface area contributed by atoms with Gasteiger partial charge in [0.1, 0.15) is 23.6 Å². The van der Waals surface area contributed by atoms with Crippen molar-refractivity contribution < 1.29 is 18.8 Å². The molecule has 1 heterocycles. The summed E-state index contributed by atoms with van der Waals surface area (Å²) in [6.07, 6.45) is 1.17. The molecule has 1 N–H and O–H groups in total. The van der Waals surface area contributed by atoms with Crippen molar-refractivity contribution in [2.24, 2.45) is 0 Å². The molecule has 1 aromatic heterocycles. The third kappa shape index (κ3) is 4.46. The molecule has 8 nitrogen and oxygen atoms in total. The van der Waals surface area contributed by atoms with Gasteiger partial charge in [0.15, 0.2) is 0 Å². The van der Waals surface area contributed by atoms with Gasteiger partial charge < -0.3 is 14.8 Å². The minimum absolute atomic E-state index is 0.00263. The highest BCUT2D eigenvalue weighted by atomic mass is 19.1. The minimum Gasteiger partial charge on any atom is -0.497 e. The molecule has 0 amide bonds. The Morgan fingerprint density at radius 1 is 1.07 bits per heavy atom. The summed E-state index contributed by atoms with van der Waals surface area (Å²) in [7, 11) is 1.53. The number of halogens is 1. The van der Waals surface area contributed by atoms with Crippen LogP contribution >= 0.6 is 0 Å². The van der Waals surface area contributed by atoms with E-state index in [2.05, 4.69) is 15.3 Å². The molecular weight excluding hydrogens is 355 g/mol. The highest BCUT2D eigenvalue weighted by Gasteiger charge is 2.25. The highest BCUT2D eigenvalue weighted by Crippen LogP contribution is 2.34. The maximum Gasteiger partial charge on any atom is 0.373 e. The van der Waals surface area contributed by atoms with Gasteiger partial charge in [0.2, 0.25) is 5.82 Å². The number of benzene rings is 2. The molecule has 0 aliphatic carbocycles. The van der Waals surface area contributed by atoms with Crippen LogP contribution in [0.3, 0.4) is 0 Å². The van der Waals surface area contributed by atoms with Crippen LogP contribution in [-0.2, 0) is 6.54 Å². The molecule has 138 valence electrons. The molecule has 0 bridgehead atoms. The van der Waals surface area contributed by atoms with Crippen LogP contribution in [0.15, 0.2) is 54.9 Å². The topological polar surface area (TPSA) is 99.4 Å². The Bertz CT molecular complexity index is 933. The van der Waals surface area contributed by atoms with Crippen LogP contribution in [-0.4, -0.2) is 22.0 Å². The Morgan fingerprint density at radius 2 is 1.74 bits per heavy atom. The van der Waals surface area contributed by atoms with Crippen LogP contribution in [0, 0.1) is 15.9 Å². The lowest BCUT2D eigenvalue weighted by molar-refractivity contribution is -0.385. The van der Waals surface area contributed by atoms with Crippen molar-refractivity contribution in [3.8, 4) is 17.4 Å². The molecule has 9 heteroatoms. The van der Waals surface area contributed by atoms with Crippen molar-refractivity contribution >= 4 is 11.5 Å². The third-order valence-corrected chi connectivity index (χ3v) is 3.62. The van der Waals surface area contributed by atoms with Gasteiger partial charge in [-0.15, -0.1) is 0 Å². The summed E-state index contributed by atoms with van der Waals surface area (Å²) in [6.45, 7) is 0.222. The van der Waals surface area contributed by atoms with Crippen LogP contribution in [0.1, 0.15) is 5.56 Å². The number of anilines is 1. The average Bonchev–Trinajstić information content (AvgIpc) is 2.68. The zero-order valence-electron chi connectivity index (χ0n) is 14.3. The Labute approximate surface area is 153 Å². The largest absolute Gasteiger partial charge is 0.497 e. The molecule has 0 saturated carbocycles. The van der Waals surface area contributed by atoms with Crippen molar-refractivity contribution in [1.82, 2.24) is 9.97 Å². The van der Waals surface area contributed by atoms with Crippen molar-refractivity contribution in [2.75, 3.05) is 12.4 Å². The van der Waals surface area contributed by atoms with E-state index in [1.54, 1.807) is 36.4 Å². The predicted octanol–water partition coefficient (Wildman–Crippen LogP) is 3.94. The minimum atomic E-state index is -0.619. The second-order valence-corrected chi connectivity index (χ2v) is 5.39. The fraction of sp³-hybridized carbons (Fsp3) is 0.111. The summed E-state index contributed by atoms with van der Waals surface area (Å²) in [4.78, 5) is 18.7. The van der Waals surface area contributed by atoms with Gasteiger partial charge in [0, 0.05) is 6.54 Å². The van der Waals surface area contributed by atoms with Crippen LogP contribution in [0.2, 0.25) is 0 Å². The molecule has 3 rings (SSSR count). The molecule has 0 atom stereocenters. The number of hydrogen-bond acceptors (Lipinski definition) is 7. The number of hydrogen-bond donors (Lipinski definition) is 1. The molecule has 2 aromatic carbocycles. The number of nitro groups is 1. The lowest BCUT2D eigenvalue weighted by Gasteiger charge is -2.10. The summed E-state index contributed by atoms with van der Waals surface area (Å²) >= 11 is 0. The molecular formula is C18H15FN4O4. The second kappa shape index (κ2) is 8.09. The highest BCUT2D eigenvalue weighted by molar-refractivity contribution is 5.62.